The lowest BCUT2D eigenvalue weighted by Gasteiger charge is -2.39. The predicted octanol–water partition coefficient (Wildman–Crippen LogP) is 4.34. The highest BCUT2D eigenvalue weighted by molar-refractivity contribution is 6.33. The van der Waals surface area contributed by atoms with Crippen LogP contribution in [0.3, 0.4) is 0 Å². The Balaban J connectivity index is 1.13. The van der Waals surface area contributed by atoms with Crippen LogP contribution < -0.4 is 10.9 Å². The molecule has 2 N–H and O–H groups in total. The lowest BCUT2D eigenvalue weighted by molar-refractivity contribution is -0.137. The average molecular weight is 776 g/mol. The van der Waals surface area contributed by atoms with E-state index in [1.54, 1.807) is 20.4 Å². The number of aromatic nitrogens is 5. The quantitative estimate of drug-likeness (QED) is 0.288. The number of piperidine rings is 1. The largest absolute Gasteiger partial charge is 0.505 e. The van der Waals surface area contributed by atoms with Crippen LogP contribution in [0.2, 0.25) is 5.02 Å². The second kappa shape index (κ2) is 13.2. The van der Waals surface area contributed by atoms with E-state index in [0.717, 1.165) is 22.7 Å². The van der Waals surface area contributed by atoms with E-state index in [1.807, 2.05) is 0 Å². The van der Waals surface area contributed by atoms with Crippen molar-refractivity contribution in [2.75, 3.05) is 31.5 Å². The zero-order valence-electron chi connectivity index (χ0n) is 29.2. The van der Waals surface area contributed by atoms with Crippen LogP contribution in [0.25, 0.3) is 11.4 Å². The van der Waals surface area contributed by atoms with E-state index in [-0.39, 0.29) is 65.8 Å². The molecule has 1 spiro atoms. The number of halogens is 4. The zero-order chi connectivity index (χ0) is 38.9. The number of hydrogen-bond acceptors (Lipinski definition) is 9. The molecule has 0 radical (unpaired) electrons. The second-order valence-corrected chi connectivity index (χ2v) is 14.9. The van der Waals surface area contributed by atoms with Gasteiger partial charge in [-0.25, -0.2) is 4.98 Å². The first-order valence-electron chi connectivity index (χ1n) is 17.8. The fourth-order valence-corrected chi connectivity index (χ4v) is 8.24. The monoisotopic (exact) mass is 775 g/mol. The first-order chi connectivity index (χ1) is 26.2. The van der Waals surface area contributed by atoms with Crippen molar-refractivity contribution in [3.05, 3.63) is 86.3 Å². The highest BCUT2D eigenvalue weighted by Crippen LogP contribution is 2.47. The minimum atomic E-state index is -4.63. The molecular formula is C37H33ClF3N9O5. The van der Waals surface area contributed by atoms with Gasteiger partial charge < -0.3 is 24.8 Å². The number of aromatic hydroxyl groups is 1. The fraction of sp³-hybridized carbons (Fsp3) is 0.405. The number of nitrogens with one attached hydrogen (secondary N) is 1. The maximum atomic E-state index is 14.5. The number of likely N-dealkylation sites (tertiary alicyclic amines) is 1. The second-order valence-electron chi connectivity index (χ2n) is 14.5. The van der Waals surface area contributed by atoms with Crippen molar-refractivity contribution in [2.45, 2.75) is 63.1 Å². The molecule has 1 saturated heterocycles. The van der Waals surface area contributed by atoms with Gasteiger partial charge in [-0.1, -0.05) is 17.7 Å². The first kappa shape index (κ1) is 36.2. The smallest absolute Gasteiger partial charge is 0.416 e. The number of hydrogen-bond donors (Lipinski definition) is 2. The highest BCUT2D eigenvalue weighted by Gasteiger charge is 2.52. The molecule has 55 heavy (non-hydrogen) atoms. The Bertz CT molecular complexity index is 2420. The Hall–Kier alpha value is -5.76. The summed E-state index contributed by atoms with van der Waals surface area (Å²) in [5.74, 6) is -1.18. The van der Waals surface area contributed by atoms with Crippen LogP contribution in [0.5, 0.6) is 5.75 Å². The SMILES string of the molecule is N#CC1(C(=O)N2CC=C(c3nc4n(CC(=O)Nc5ccc(C(F)(F)F)cc5Cl)c5c(c(=O)n4n3)C3(CC5)CCN(C(=O)c4ncccc4O)CC3)CC2)CC1. The average Bonchev–Trinajstić information content (AvgIpc) is 3.71. The van der Waals surface area contributed by atoms with Gasteiger partial charge in [-0.2, -0.15) is 27.9 Å². The highest BCUT2D eigenvalue weighted by atomic mass is 35.5. The van der Waals surface area contributed by atoms with Crippen LogP contribution in [-0.4, -0.2) is 83.0 Å². The molecule has 1 aromatic carbocycles. The Morgan fingerprint density at radius 2 is 1.80 bits per heavy atom. The minimum Gasteiger partial charge on any atom is -0.505 e. The normalized spacial score (nSPS) is 18.5. The number of alkyl halides is 3. The molecule has 1 saturated carbocycles. The summed E-state index contributed by atoms with van der Waals surface area (Å²) in [6, 6.07) is 7.66. The molecule has 0 bridgehead atoms. The van der Waals surface area contributed by atoms with Crippen molar-refractivity contribution in [1.29, 1.82) is 5.26 Å². The Morgan fingerprint density at radius 1 is 1.04 bits per heavy atom. The van der Waals surface area contributed by atoms with Gasteiger partial charge in [0.15, 0.2) is 11.5 Å². The summed E-state index contributed by atoms with van der Waals surface area (Å²) < 4.78 is 42.6. The molecule has 284 valence electrons. The third kappa shape index (κ3) is 6.27. The van der Waals surface area contributed by atoms with Crippen LogP contribution in [0.1, 0.15) is 71.7 Å². The fourth-order valence-electron chi connectivity index (χ4n) is 8.01. The summed E-state index contributed by atoms with van der Waals surface area (Å²) in [6.45, 7) is 0.736. The maximum Gasteiger partial charge on any atom is 0.416 e. The van der Waals surface area contributed by atoms with E-state index in [2.05, 4.69) is 21.5 Å². The topological polar surface area (TPSA) is 179 Å². The van der Waals surface area contributed by atoms with Gasteiger partial charge >= 0.3 is 6.18 Å². The summed E-state index contributed by atoms with van der Waals surface area (Å²) in [6.07, 6.45) is 1.77. The van der Waals surface area contributed by atoms with Crippen LogP contribution in [0.4, 0.5) is 18.9 Å². The van der Waals surface area contributed by atoms with Crippen LogP contribution in [-0.2, 0) is 34.1 Å². The van der Waals surface area contributed by atoms with Crippen molar-refractivity contribution in [3.63, 3.8) is 0 Å². The van der Waals surface area contributed by atoms with Gasteiger partial charge in [-0.05, 0) is 80.9 Å². The summed E-state index contributed by atoms with van der Waals surface area (Å²) in [7, 11) is 0. The molecule has 5 heterocycles. The van der Waals surface area contributed by atoms with Gasteiger partial charge in [0.1, 0.15) is 17.7 Å². The molecule has 2 aliphatic heterocycles. The van der Waals surface area contributed by atoms with Crippen LogP contribution >= 0.6 is 11.6 Å². The molecule has 0 unspecified atom stereocenters. The first-order valence-corrected chi connectivity index (χ1v) is 18.1. The lowest BCUT2D eigenvalue weighted by atomic mass is 9.74. The van der Waals surface area contributed by atoms with Crippen molar-refractivity contribution in [3.8, 4) is 11.8 Å². The third-order valence-corrected chi connectivity index (χ3v) is 11.6. The summed E-state index contributed by atoms with van der Waals surface area (Å²) in [5, 5.41) is 26.6. The predicted molar refractivity (Wildman–Crippen MR) is 190 cm³/mol. The van der Waals surface area contributed by atoms with E-state index in [4.69, 9.17) is 16.6 Å². The van der Waals surface area contributed by atoms with Gasteiger partial charge in [0.2, 0.25) is 17.6 Å². The summed E-state index contributed by atoms with van der Waals surface area (Å²) in [4.78, 5) is 66.3. The molecule has 3 amide bonds. The van der Waals surface area contributed by atoms with E-state index in [1.165, 1.54) is 18.3 Å². The minimum absolute atomic E-state index is 0.0289. The van der Waals surface area contributed by atoms with Gasteiger partial charge in [0.05, 0.1) is 22.3 Å². The van der Waals surface area contributed by atoms with Gasteiger partial charge in [-0.15, -0.1) is 5.10 Å². The Labute approximate surface area is 315 Å². The van der Waals surface area contributed by atoms with Gasteiger partial charge in [-0.3, -0.25) is 19.2 Å². The summed E-state index contributed by atoms with van der Waals surface area (Å²) >= 11 is 6.15. The molecule has 0 atom stereocenters. The van der Waals surface area contributed by atoms with Crippen LogP contribution in [0, 0.1) is 16.7 Å². The molecule has 8 rings (SSSR count). The van der Waals surface area contributed by atoms with Crippen molar-refractivity contribution in [1.82, 2.24) is 33.9 Å². The maximum absolute atomic E-state index is 14.5. The molecule has 3 aromatic heterocycles. The number of rotatable bonds is 6. The Morgan fingerprint density at radius 3 is 2.44 bits per heavy atom. The lowest BCUT2D eigenvalue weighted by Crippen LogP contribution is -2.46. The number of carbonyl (C=O) groups is 3. The molecule has 18 heteroatoms. The van der Waals surface area contributed by atoms with E-state index in [9.17, 15) is 42.7 Å². The molecular weight excluding hydrogens is 743 g/mol. The number of nitrogens with zero attached hydrogens (tertiary/aromatic N) is 8. The number of benzene rings is 1. The van der Waals surface area contributed by atoms with Crippen molar-refractivity contribution in [2.24, 2.45) is 5.41 Å². The molecule has 4 aromatic rings. The molecule has 2 aliphatic carbocycles. The number of carbonyl (C=O) groups excluding carboxylic acids is 3. The molecule has 14 nitrogen and oxygen atoms in total. The number of amides is 3. The third-order valence-electron chi connectivity index (χ3n) is 11.2. The number of nitriles is 1. The number of fused-ring (bicyclic) bond motifs is 3. The zero-order valence-corrected chi connectivity index (χ0v) is 30.0. The van der Waals surface area contributed by atoms with E-state index in [0.29, 0.717) is 68.3 Å². The van der Waals surface area contributed by atoms with E-state index < -0.39 is 39.9 Å². The number of pyridine rings is 1. The molecule has 2 fully saturated rings. The van der Waals surface area contributed by atoms with Crippen molar-refractivity contribution >= 4 is 46.4 Å². The van der Waals surface area contributed by atoms with Gasteiger partial charge in [0, 0.05) is 49.0 Å². The Kier molecular flexibility index (Phi) is 8.71. The molecule has 4 aliphatic rings. The number of anilines is 1. The standard InChI is InChI=1S/C37H33ClF3N9O5/c38-23-18-22(37(39,40)41)3-4-24(23)44-27(52)19-49-25-5-8-35(11-16-47(17-12-35)32(54)29-26(51)2-1-13-43-29)28(25)31(53)50-34(49)45-30(46-50)21-6-14-48(15-7-21)33(55)36(20-42)9-10-36/h1-4,6,13,18,51H,5,7-12,14-17,19H2,(H,44,52). The van der Waals surface area contributed by atoms with E-state index >= 15 is 0 Å². The van der Waals surface area contributed by atoms with Crippen LogP contribution in [0.15, 0.2) is 47.4 Å². The van der Waals surface area contributed by atoms with Crippen molar-refractivity contribution < 1.29 is 32.7 Å². The van der Waals surface area contributed by atoms with Gasteiger partial charge in [0.25, 0.3) is 11.5 Å². The summed E-state index contributed by atoms with van der Waals surface area (Å²) in [5.41, 5.74) is -1.41.